The molecule has 0 bridgehead atoms. The zero-order valence-electron chi connectivity index (χ0n) is 15.7. The standard InChI is InChI=1S/C22H30N4/c1-3-7-19-17(5-1)13-23-21(25-19)15-9-11-16(12-10-15)22-24-14-18-6-2-4-8-20(18)26-22/h9-12,17-20H,1-8,13-14H2,(H,23,25)(H,24,26)/p+2/t17-,18-,19-,20-/m1/s1. The van der Waals surface area contributed by atoms with Gasteiger partial charge in [0.15, 0.2) is 0 Å². The highest BCUT2D eigenvalue weighted by molar-refractivity contribution is 5.95. The maximum Gasteiger partial charge on any atom is 0.227 e. The summed E-state index contributed by atoms with van der Waals surface area (Å²) in [5.74, 6) is 4.06. The first-order chi connectivity index (χ1) is 12.9. The molecule has 4 N–H and O–H groups in total. The maximum absolute atomic E-state index is 5.09. The molecule has 4 heteroatoms. The van der Waals surface area contributed by atoms with Crippen molar-refractivity contribution in [3.8, 4) is 0 Å². The Morgan fingerprint density at radius 1 is 0.615 bits per heavy atom. The molecule has 0 amide bonds. The minimum absolute atomic E-state index is 0.572. The van der Waals surface area contributed by atoms with Crippen LogP contribution in [0.15, 0.2) is 34.3 Å². The van der Waals surface area contributed by atoms with E-state index in [-0.39, 0.29) is 0 Å². The van der Waals surface area contributed by atoms with Crippen molar-refractivity contribution in [3.63, 3.8) is 0 Å². The molecule has 0 radical (unpaired) electrons. The number of nitrogens with zero attached hydrogens (tertiary/aromatic N) is 2. The molecular formula is C22H32N4+2. The Bertz CT molecular complexity index is 644. The van der Waals surface area contributed by atoms with Crippen molar-refractivity contribution in [2.24, 2.45) is 21.8 Å². The van der Waals surface area contributed by atoms with Crippen molar-refractivity contribution in [2.45, 2.75) is 63.5 Å². The van der Waals surface area contributed by atoms with Crippen LogP contribution in [0.1, 0.15) is 62.5 Å². The smallest absolute Gasteiger partial charge is 0.227 e. The molecule has 4 nitrogen and oxygen atoms in total. The SMILES string of the molecule is c1cc(C2=N[C@@H]3CCCC[C@@H]3C[NH2+]2)ccc1C1=N[C@@H]2CCCC[C@@H]2C[NH2+]1. The Morgan fingerprint density at radius 3 is 1.50 bits per heavy atom. The van der Waals surface area contributed by atoms with Crippen molar-refractivity contribution in [3.05, 3.63) is 35.4 Å². The van der Waals surface area contributed by atoms with Gasteiger partial charge in [0, 0.05) is 11.8 Å². The first-order valence-corrected chi connectivity index (χ1v) is 10.8. The second-order valence-corrected chi connectivity index (χ2v) is 8.71. The molecule has 26 heavy (non-hydrogen) atoms. The summed E-state index contributed by atoms with van der Waals surface area (Å²) in [6.45, 7) is 2.43. The van der Waals surface area contributed by atoms with E-state index in [1.807, 2.05) is 0 Å². The Hall–Kier alpha value is -1.52. The molecule has 0 saturated heterocycles. The van der Waals surface area contributed by atoms with E-state index < -0.39 is 0 Å². The highest BCUT2D eigenvalue weighted by atomic mass is 15.1. The van der Waals surface area contributed by atoms with E-state index in [0.717, 1.165) is 11.8 Å². The molecule has 0 aromatic heterocycles. The van der Waals surface area contributed by atoms with E-state index in [1.54, 1.807) is 0 Å². The lowest BCUT2D eigenvalue weighted by molar-refractivity contribution is -0.553. The maximum atomic E-state index is 5.09. The summed E-state index contributed by atoms with van der Waals surface area (Å²) >= 11 is 0. The van der Waals surface area contributed by atoms with Crippen LogP contribution in [0.3, 0.4) is 0 Å². The van der Waals surface area contributed by atoms with Gasteiger partial charge in [0.1, 0.15) is 0 Å². The number of rotatable bonds is 2. The third-order valence-corrected chi connectivity index (χ3v) is 7.05. The van der Waals surface area contributed by atoms with Crippen molar-refractivity contribution in [2.75, 3.05) is 13.1 Å². The lowest BCUT2D eigenvalue weighted by atomic mass is 9.83. The van der Waals surface area contributed by atoms with Gasteiger partial charge in [-0.2, -0.15) is 0 Å². The Labute approximate surface area is 156 Å². The molecule has 0 unspecified atom stereocenters. The fraction of sp³-hybridized carbons (Fsp3) is 0.636. The number of hydrogen-bond acceptors (Lipinski definition) is 2. The van der Waals surface area contributed by atoms with E-state index >= 15 is 0 Å². The van der Waals surface area contributed by atoms with Gasteiger partial charge in [0.05, 0.1) is 36.3 Å². The van der Waals surface area contributed by atoms with Crippen LogP contribution in [0.25, 0.3) is 0 Å². The molecule has 2 saturated carbocycles. The van der Waals surface area contributed by atoms with Gasteiger partial charge in [-0.15, -0.1) is 0 Å². The highest BCUT2D eigenvalue weighted by Crippen LogP contribution is 2.28. The number of hydrogen-bond donors (Lipinski definition) is 2. The van der Waals surface area contributed by atoms with Crippen LogP contribution in [0.2, 0.25) is 0 Å². The van der Waals surface area contributed by atoms with Crippen LogP contribution >= 0.6 is 0 Å². The number of benzene rings is 1. The Balaban J connectivity index is 1.33. The number of fused-ring (bicyclic) bond motifs is 2. The van der Waals surface area contributed by atoms with Gasteiger partial charge in [0.2, 0.25) is 11.7 Å². The van der Waals surface area contributed by atoms with E-state index in [0.29, 0.717) is 12.1 Å². The molecule has 0 spiro atoms. The zero-order chi connectivity index (χ0) is 17.3. The topological polar surface area (TPSA) is 57.9 Å². The lowest BCUT2D eigenvalue weighted by Gasteiger charge is -2.31. The minimum Gasteiger partial charge on any atom is -0.297 e. The summed E-state index contributed by atoms with van der Waals surface area (Å²) in [4.78, 5) is 10.2. The van der Waals surface area contributed by atoms with Crippen molar-refractivity contribution in [1.82, 2.24) is 0 Å². The molecule has 2 fully saturated rings. The molecule has 2 aliphatic carbocycles. The van der Waals surface area contributed by atoms with Gasteiger partial charge in [-0.25, -0.2) is 9.98 Å². The van der Waals surface area contributed by atoms with Crippen LogP contribution in [-0.4, -0.2) is 36.8 Å². The van der Waals surface area contributed by atoms with E-state index in [2.05, 4.69) is 34.9 Å². The quantitative estimate of drug-likeness (QED) is 0.810. The molecule has 1 aromatic carbocycles. The largest absolute Gasteiger partial charge is 0.297 e. The van der Waals surface area contributed by atoms with Gasteiger partial charge in [0.25, 0.3) is 0 Å². The Kier molecular flexibility index (Phi) is 4.63. The average Bonchev–Trinajstić information content (AvgIpc) is 2.73. The number of amidine groups is 2. The highest BCUT2D eigenvalue weighted by Gasteiger charge is 2.33. The number of quaternary nitrogens is 2. The molecule has 2 heterocycles. The lowest BCUT2D eigenvalue weighted by Crippen LogP contribution is -2.92. The molecule has 4 aliphatic rings. The zero-order valence-corrected chi connectivity index (χ0v) is 15.7. The van der Waals surface area contributed by atoms with E-state index in [4.69, 9.17) is 9.98 Å². The summed E-state index contributed by atoms with van der Waals surface area (Å²) in [6.07, 6.45) is 10.8. The summed E-state index contributed by atoms with van der Waals surface area (Å²) < 4.78 is 0. The molecule has 5 rings (SSSR count). The van der Waals surface area contributed by atoms with Gasteiger partial charge in [-0.05, 0) is 49.9 Å². The minimum atomic E-state index is 0.572. The van der Waals surface area contributed by atoms with Crippen molar-refractivity contribution < 1.29 is 10.6 Å². The molecule has 4 atom stereocenters. The molecule has 138 valence electrons. The monoisotopic (exact) mass is 352 g/mol. The number of aliphatic imine (C=N–C) groups is 2. The first-order valence-electron chi connectivity index (χ1n) is 10.8. The molecular weight excluding hydrogens is 320 g/mol. The summed E-state index contributed by atoms with van der Waals surface area (Å²) in [5.41, 5.74) is 2.56. The summed E-state index contributed by atoms with van der Waals surface area (Å²) in [6, 6.07) is 10.2. The number of nitrogens with two attached hydrogens (primary N) is 2. The third kappa shape index (κ3) is 3.25. The first kappa shape index (κ1) is 16.6. The summed E-state index contributed by atoms with van der Waals surface area (Å²) in [5, 5.41) is 4.75. The third-order valence-electron chi connectivity index (χ3n) is 7.05. The summed E-state index contributed by atoms with van der Waals surface area (Å²) in [7, 11) is 0. The Morgan fingerprint density at radius 2 is 1.04 bits per heavy atom. The fourth-order valence-electron chi connectivity index (χ4n) is 5.45. The van der Waals surface area contributed by atoms with Crippen molar-refractivity contribution in [1.29, 1.82) is 0 Å². The van der Waals surface area contributed by atoms with Gasteiger partial charge in [-0.1, -0.05) is 25.7 Å². The van der Waals surface area contributed by atoms with E-state index in [9.17, 15) is 0 Å². The van der Waals surface area contributed by atoms with Crippen molar-refractivity contribution >= 4 is 11.7 Å². The second kappa shape index (κ2) is 7.24. The van der Waals surface area contributed by atoms with Crippen LogP contribution in [-0.2, 0) is 0 Å². The van der Waals surface area contributed by atoms with E-state index in [1.165, 1.54) is 87.3 Å². The van der Waals surface area contributed by atoms with Crippen LogP contribution in [0.4, 0.5) is 0 Å². The van der Waals surface area contributed by atoms with Gasteiger partial charge >= 0.3 is 0 Å². The van der Waals surface area contributed by atoms with Gasteiger partial charge < -0.3 is 0 Å². The van der Waals surface area contributed by atoms with Gasteiger partial charge in [-0.3, -0.25) is 10.6 Å². The fourth-order valence-corrected chi connectivity index (χ4v) is 5.45. The normalized spacial score (nSPS) is 34.3. The predicted octanol–water partition coefficient (Wildman–Crippen LogP) is 1.45. The molecule has 2 aliphatic heterocycles. The average molecular weight is 353 g/mol. The second-order valence-electron chi connectivity index (χ2n) is 8.71. The van der Waals surface area contributed by atoms with Crippen LogP contribution < -0.4 is 10.6 Å². The van der Waals surface area contributed by atoms with Crippen LogP contribution in [0, 0.1) is 11.8 Å². The predicted molar refractivity (Wildman–Crippen MR) is 105 cm³/mol. The van der Waals surface area contributed by atoms with Crippen LogP contribution in [0.5, 0.6) is 0 Å². The molecule has 1 aromatic rings.